The lowest BCUT2D eigenvalue weighted by Gasteiger charge is -2.09. The van der Waals surface area contributed by atoms with Crippen molar-refractivity contribution < 1.29 is 18.0 Å². The van der Waals surface area contributed by atoms with Crippen molar-refractivity contribution in [2.75, 3.05) is 0 Å². The minimum Gasteiger partial charge on any atom is -0.274 e. The Morgan fingerprint density at radius 2 is 2.00 bits per heavy atom. The fourth-order valence-electron chi connectivity index (χ4n) is 2.38. The number of hydrogen-bond donors (Lipinski definition) is 0. The highest BCUT2D eigenvalue weighted by molar-refractivity contribution is 7.07. The first-order valence-electron chi connectivity index (χ1n) is 6.78. The van der Waals surface area contributed by atoms with E-state index in [0.29, 0.717) is 0 Å². The van der Waals surface area contributed by atoms with Gasteiger partial charge in [0.05, 0.1) is 16.1 Å². The van der Waals surface area contributed by atoms with Crippen LogP contribution in [0.1, 0.15) is 29.3 Å². The fourth-order valence-corrected chi connectivity index (χ4v) is 3.45. The molecule has 1 aliphatic heterocycles. The SMILES string of the molecule is C[C@@H]1CC(=O)n2c(s/c(=C/c3ccccc3C(F)(F)F)c2=O)=N1. The van der Waals surface area contributed by atoms with Crippen molar-refractivity contribution >= 4 is 23.3 Å². The summed E-state index contributed by atoms with van der Waals surface area (Å²) < 4.78 is 40.1. The number of alkyl halides is 3. The topological polar surface area (TPSA) is 51.4 Å². The second-order valence-electron chi connectivity index (χ2n) is 5.19. The first-order chi connectivity index (χ1) is 10.8. The molecular formula is C15H11F3N2O2S. The van der Waals surface area contributed by atoms with Crippen molar-refractivity contribution in [1.29, 1.82) is 0 Å². The van der Waals surface area contributed by atoms with Crippen LogP contribution in [0, 0.1) is 0 Å². The lowest BCUT2D eigenvalue weighted by Crippen LogP contribution is -2.40. The maximum Gasteiger partial charge on any atom is 0.416 e. The van der Waals surface area contributed by atoms with Crippen LogP contribution in [0.2, 0.25) is 0 Å². The van der Waals surface area contributed by atoms with Crippen LogP contribution < -0.4 is 14.9 Å². The Hall–Kier alpha value is -2.22. The molecule has 0 bridgehead atoms. The molecule has 0 radical (unpaired) electrons. The fraction of sp³-hybridized carbons (Fsp3) is 0.267. The standard InChI is InChI=1S/C15H11F3N2O2S/c1-8-6-12(21)20-13(22)11(23-14(20)19-8)7-9-4-2-3-5-10(9)15(16,17)18/h2-5,7-8H,6H2,1H3/b11-7+/t8-/m1/s1. The van der Waals surface area contributed by atoms with Crippen molar-refractivity contribution in [1.82, 2.24) is 4.57 Å². The summed E-state index contributed by atoms with van der Waals surface area (Å²) in [6, 6.07) is 4.74. The highest BCUT2D eigenvalue weighted by Crippen LogP contribution is 2.32. The number of rotatable bonds is 1. The molecular weight excluding hydrogens is 329 g/mol. The third-order valence-electron chi connectivity index (χ3n) is 3.41. The summed E-state index contributed by atoms with van der Waals surface area (Å²) in [5, 5.41) is 0. The van der Waals surface area contributed by atoms with E-state index in [0.717, 1.165) is 28.0 Å². The van der Waals surface area contributed by atoms with Crippen molar-refractivity contribution in [3.63, 3.8) is 0 Å². The average molecular weight is 340 g/mol. The Bertz CT molecular complexity index is 956. The van der Waals surface area contributed by atoms with Crippen LogP contribution in [0.5, 0.6) is 0 Å². The van der Waals surface area contributed by atoms with Crippen LogP contribution in [-0.4, -0.2) is 16.5 Å². The number of fused-ring (bicyclic) bond motifs is 1. The summed E-state index contributed by atoms with van der Waals surface area (Å²) in [5.41, 5.74) is -1.56. The van der Waals surface area contributed by atoms with E-state index in [1.54, 1.807) is 6.92 Å². The maximum absolute atomic E-state index is 13.0. The molecule has 0 N–H and O–H groups in total. The van der Waals surface area contributed by atoms with Gasteiger partial charge in [-0.2, -0.15) is 13.2 Å². The molecule has 1 atom stereocenters. The number of nitrogens with zero attached hydrogens (tertiary/aromatic N) is 2. The maximum atomic E-state index is 13.0. The number of carbonyl (C=O) groups excluding carboxylic acids is 1. The highest BCUT2D eigenvalue weighted by Gasteiger charge is 2.32. The molecule has 0 saturated heterocycles. The average Bonchev–Trinajstić information content (AvgIpc) is 2.74. The molecule has 0 amide bonds. The minimum atomic E-state index is -4.52. The summed E-state index contributed by atoms with van der Waals surface area (Å²) in [6.45, 7) is 1.74. The van der Waals surface area contributed by atoms with Gasteiger partial charge < -0.3 is 0 Å². The van der Waals surface area contributed by atoms with Gasteiger partial charge in [-0.3, -0.25) is 14.6 Å². The van der Waals surface area contributed by atoms with E-state index < -0.39 is 17.3 Å². The molecule has 0 fully saturated rings. The van der Waals surface area contributed by atoms with Gasteiger partial charge in [-0.05, 0) is 24.6 Å². The lowest BCUT2D eigenvalue weighted by atomic mass is 10.1. The minimum absolute atomic E-state index is 0.0582. The van der Waals surface area contributed by atoms with E-state index in [2.05, 4.69) is 4.99 Å². The molecule has 2 aromatic rings. The third-order valence-corrected chi connectivity index (χ3v) is 4.39. The van der Waals surface area contributed by atoms with Gasteiger partial charge in [0.15, 0.2) is 4.80 Å². The van der Waals surface area contributed by atoms with Crippen molar-refractivity contribution in [3.05, 3.63) is 55.1 Å². The summed E-state index contributed by atoms with van der Waals surface area (Å²) in [5.74, 6) is -0.382. The van der Waals surface area contributed by atoms with Gasteiger partial charge in [0.1, 0.15) is 0 Å². The highest BCUT2D eigenvalue weighted by atomic mass is 32.1. The summed E-state index contributed by atoms with van der Waals surface area (Å²) in [4.78, 5) is 28.6. The van der Waals surface area contributed by atoms with Gasteiger partial charge in [-0.25, -0.2) is 4.57 Å². The molecule has 1 aromatic heterocycles. The van der Waals surface area contributed by atoms with Gasteiger partial charge in [0, 0.05) is 6.42 Å². The van der Waals surface area contributed by atoms with E-state index in [1.807, 2.05) is 0 Å². The van der Waals surface area contributed by atoms with Crippen molar-refractivity contribution in [3.8, 4) is 0 Å². The van der Waals surface area contributed by atoms with Gasteiger partial charge in [-0.1, -0.05) is 29.5 Å². The first kappa shape index (κ1) is 15.7. The molecule has 1 aromatic carbocycles. The predicted molar refractivity (Wildman–Crippen MR) is 79.1 cm³/mol. The molecule has 23 heavy (non-hydrogen) atoms. The van der Waals surface area contributed by atoms with E-state index in [1.165, 1.54) is 18.2 Å². The molecule has 0 saturated carbocycles. The van der Waals surface area contributed by atoms with Gasteiger partial charge >= 0.3 is 6.18 Å². The first-order valence-corrected chi connectivity index (χ1v) is 7.60. The zero-order valence-corrected chi connectivity index (χ0v) is 12.7. The Morgan fingerprint density at radius 3 is 2.70 bits per heavy atom. The second-order valence-corrected chi connectivity index (χ2v) is 6.20. The van der Waals surface area contributed by atoms with Crippen LogP contribution in [-0.2, 0) is 6.18 Å². The van der Waals surface area contributed by atoms with E-state index in [9.17, 15) is 22.8 Å². The summed E-state index contributed by atoms with van der Waals surface area (Å²) in [6.07, 6.45) is -3.24. The summed E-state index contributed by atoms with van der Waals surface area (Å²) >= 11 is 0.924. The smallest absolute Gasteiger partial charge is 0.274 e. The lowest BCUT2D eigenvalue weighted by molar-refractivity contribution is -0.137. The van der Waals surface area contributed by atoms with Crippen molar-refractivity contribution in [2.24, 2.45) is 4.99 Å². The Labute approximate surface area is 132 Å². The van der Waals surface area contributed by atoms with Crippen molar-refractivity contribution in [2.45, 2.75) is 25.6 Å². The molecule has 0 spiro atoms. The molecule has 0 aliphatic carbocycles. The zero-order valence-electron chi connectivity index (χ0n) is 11.9. The normalized spacial score (nSPS) is 18.7. The van der Waals surface area contributed by atoms with Crippen LogP contribution >= 0.6 is 11.3 Å². The molecule has 4 nitrogen and oxygen atoms in total. The molecule has 3 rings (SSSR count). The Balaban J connectivity index is 2.25. The number of thiazole rings is 1. The quantitative estimate of drug-likeness (QED) is 0.795. The number of benzene rings is 1. The molecule has 120 valence electrons. The van der Waals surface area contributed by atoms with Crippen LogP contribution in [0.25, 0.3) is 6.08 Å². The number of hydrogen-bond acceptors (Lipinski definition) is 4. The van der Waals surface area contributed by atoms with Gasteiger partial charge in [0.25, 0.3) is 5.56 Å². The largest absolute Gasteiger partial charge is 0.416 e. The predicted octanol–water partition coefficient (Wildman–Crippen LogP) is 1.81. The molecule has 8 heteroatoms. The molecule has 2 heterocycles. The molecule has 1 aliphatic rings. The van der Waals surface area contributed by atoms with Gasteiger partial charge in [0.2, 0.25) is 5.91 Å². The second kappa shape index (κ2) is 5.45. The van der Waals surface area contributed by atoms with E-state index >= 15 is 0 Å². The monoisotopic (exact) mass is 340 g/mol. The zero-order chi connectivity index (χ0) is 16.8. The number of halogens is 3. The van der Waals surface area contributed by atoms with Gasteiger partial charge in [-0.15, -0.1) is 0 Å². The number of carbonyl (C=O) groups is 1. The molecule has 0 unspecified atom stereocenters. The Kier molecular flexibility index (Phi) is 3.71. The van der Waals surface area contributed by atoms with Crippen LogP contribution in [0.4, 0.5) is 13.2 Å². The van der Waals surface area contributed by atoms with E-state index in [4.69, 9.17) is 0 Å². The Morgan fingerprint density at radius 1 is 1.30 bits per heavy atom. The van der Waals surface area contributed by atoms with Crippen LogP contribution in [0.15, 0.2) is 34.1 Å². The third kappa shape index (κ3) is 2.86. The van der Waals surface area contributed by atoms with Crippen LogP contribution in [0.3, 0.4) is 0 Å². The number of aromatic nitrogens is 1. The summed E-state index contributed by atoms with van der Waals surface area (Å²) in [7, 11) is 0. The van der Waals surface area contributed by atoms with E-state index in [-0.39, 0.29) is 33.3 Å².